The zero-order chi connectivity index (χ0) is 15.1. The van der Waals surface area contributed by atoms with Crippen LogP contribution in [0.2, 0.25) is 0 Å². The van der Waals surface area contributed by atoms with Crippen LogP contribution in [0.4, 0.5) is 0 Å². The second-order valence-corrected chi connectivity index (χ2v) is 5.40. The number of benzene rings is 1. The van der Waals surface area contributed by atoms with Gasteiger partial charge in [-0.25, -0.2) is 0 Å². The Balaban J connectivity index is 4.16. The van der Waals surface area contributed by atoms with E-state index in [9.17, 15) is 18.0 Å². The normalized spacial score (nSPS) is 11.4. The first kappa shape index (κ1) is 15.7. The van der Waals surface area contributed by atoms with Crippen LogP contribution in [0.5, 0.6) is 0 Å². The third-order valence-corrected chi connectivity index (χ3v) is 3.94. The Hall–Kier alpha value is -1.33. The Morgan fingerprint density at radius 1 is 1.00 bits per heavy atom. The van der Waals surface area contributed by atoms with Gasteiger partial charge in [-0.2, -0.15) is 0 Å². The summed E-state index contributed by atoms with van der Waals surface area (Å²) in [7, 11) is -4.98. The summed E-state index contributed by atoms with van der Waals surface area (Å²) in [6.07, 6.45) is 0. The van der Waals surface area contributed by atoms with E-state index in [2.05, 4.69) is 0 Å². The summed E-state index contributed by atoms with van der Waals surface area (Å²) in [5.74, 6) is -3.23. The van der Waals surface area contributed by atoms with Crippen molar-refractivity contribution in [1.82, 2.24) is 0 Å². The first-order valence-corrected chi connectivity index (χ1v) is 6.52. The maximum absolute atomic E-state index is 11.3. The second-order valence-electron chi connectivity index (χ2n) is 4.04. The Labute approximate surface area is 118 Å². The average Bonchev–Trinajstić information content (AvgIpc) is 2.22. The van der Waals surface area contributed by atoms with E-state index in [0.29, 0.717) is 4.24 Å². The van der Waals surface area contributed by atoms with Crippen LogP contribution >= 0.6 is 0 Å². The van der Waals surface area contributed by atoms with Gasteiger partial charge in [0.2, 0.25) is 0 Å². The van der Waals surface area contributed by atoms with Gasteiger partial charge in [-0.1, -0.05) is 0 Å². The molecule has 1 rings (SSSR count). The summed E-state index contributed by atoms with van der Waals surface area (Å²) in [5.41, 5.74) is -1.24. The Kier molecular flexibility index (Phi) is 4.12. The molecule has 19 heavy (non-hydrogen) atoms. The summed E-state index contributed by atoms with van der Waals surface area (Å²) in [5, 5.41) is 18.1. The molecule has 0 unspecified atom stereocenters. The Morgan fingerprint density at radius 2 is 1.32 bits per heavy atom. The van der Waals surface area contributed by atoms with Crippen LogP contribution in [0.25, 0.3) is 0 Å². The number of carboxylic acid groups (broad SMARTS) is 2. The van der Waals surface area contributed by atoms with Gasteiger partial charge in [-0.05, 0) is 0 Å². The van der Waals surface area contributed by atoms with Crippen molar-refractivity contribution < 1.29 is 32.8 Å². The molecule has 9 heteroatoms. The molecule has 0 bridgehead atoms. The van der Waals surface area contributed by atoms with Crippen molar-refractivity contribution in [3.8, 4) is 0 Å². The van der Waals surface area contributed by atoms with E-state index in [-0.39, 0.29) is 11.1 Å². The maximum atomic E-state index is 11.3. The second kappa shape index (κ2) is 4.98. The fourth-order valence-electron chi connectivity index (χ4n) is 1.89. The van der Waals surface area contributed by atoms with E-state index in [1.54, 1.807) is 0 Å². The molecule has 0 radical (unpaired) electrons. The van der Waals surface area contributed by atoms with Crippen molar-refractivity contribution in [3.05, 3.63) is 22.3 Å². The quantitative estimate of drug-likeness (QED) is 0.513. The van der Waals surface area contributed by atoms with Gasteiger partial charge < -0.3 is 0 Å². The molecule has 0 aromatic heterocycles. The van der Waals surface area contributed by atoms with Gasteiger partial charge in [0, 0.05) is 0 Å². The molecule has 0 spiro atoms. The fourth-order valence-corrected chi connectivity index (χ4v) is 2.89. The molecule has 0 amide bonds. The fraction of sp³-hybridized carbons (Fsp3) is 0.200. The third-order valence-electron chi connectivity index (χ3n) is 3.01. The number of hydrogen-bond acceptors (Lipinski definition) is 4. The van der Waals surface area contributed by atoms with Crippen LogP contribution in [0.1, 0.15) is 31.8 Å². The number of aromatic carboxylic acids is 2. The molecule has 0 aliphatic rings. The number of carbonyl (C=O) groups is 2. The van der Waals surface area contributed by atoms with Gasteiger partial charge in [0.15, 0.2) is 0 Å². The molecule has 3 N–H and O–H groups in total. The molecule has 0 aliphatic heterocycles. The van der Waals surface area contributed by atoms with Crippen LogP contribution < -0.4 is 4.24 Å². The molecule has 0 fully saturated rings. The average molecular weight is 280 g/mol. The van der Waals surface area contributed by atoms with Crippen molar-refractivity contribution in [2.75, 3.05) is 0 Å². The number of rotatable bonds is 3. The topological polar surface area (TPSA) is 129 Å². The van der Waals surface area contributed by atoms with Gasteiger partial charge in [0.1, 0.15) is 0 Å². The Bertz CT molecular complexity index is 649. The SMILES string of the molecule is [Li][c]1c(C)c(C(=O)O)c(S(=O)(=O)O)c(C(=O)O)c1C. The minimum atomic E-state index is -4.98. The summed E-state index contributed by atoms with van der Waals surface area (Å²) in [4.78, 5) is 21.2. The molecule has 0 saturated heterocycles. The van der Waals surface area contributed by atoms with Crippen molar-refractivity contribution in [2.45, 2.75) is 18.7 Å². The number of carboxylic acids is 2. The van der Waals surface area contributed by atoms with E-state index in [1.807, 2.05) is 0 Å². The molecule has 0 aliphatic carbocycles. The standard InChI is InChI=1S/C10H9O7S.Li/c1-4-3-5(2)7(10(13)14)8(18(15,16)17)6(4)9(11)12;/h1-2H3,(H,11,12)(H,13,14)(H,15,16,17);. The van der Waals surface area contributed by atoms with Crippen molar-refractivity contribution >= 4 is 44.0 Å². The zero-order valence-electron chi connectivity index (χ0n) is 10.4. The first-order chi connectivity index (χ1) is 8.50. The van der Waals surface area contributed by atoms with Crippen molar-refractivity contribution in [3.63, 3.8) is 0 Å². The molecule has 0 heterocycles. The molecule has 98 valence electrons. The summed E-state index contributed by atoms with van der Waals surface area (Å²) < 4.78 is 32.1. The van der Waals surface area contributed by atoms with Gasteiger partial charge in [0.25, 0.3) is 0 Å². The molecule has 7 nitrogen and oxygen atoms in total. The van der Waals surface area contributed by atoms with E-state index in [4.69, 9.17) is 14.8 Å². The Morgan fingerprint density at radius 3 is 1.53 bits per heavy atom. The summed E-state index contributed by atoms with van der Waals surface area (Å²) >= 11 is 1.48. The van der Waals surface area contributed by atoms with Gasteiger partial charge in [0.05, 0.1) is 0 Å². The number of hydrogen-bond donors (Lipinski definition) is 3. The van der Waals surface area contributed by atoms with E-state index in [0.717, 1.165) is 0 Å². The van der Waals surface area contributed by atoms with Crippen molar-refractivity contribution in [1.29, 1.82) is 0 Å². The predicted octanol–water partition coefficient (Wildman–Crippen LogP) is -0.260. The first-order valence-electron chi connectivity index (χ1n) is 5.08. The van der Waals surface area contributed by atoms with Crippen LogP contribution in [-0.2, 0) is 10.1 Å². The molecule has 1 aromatic carbocycles. The third kappa shape index (κ3) is 2.67. The van der Waals surface area contributed by atoms with Gasteiger partial charge >= 0.3 is 118 Å². The molecular weight excluding hydrogens is 271 g/mol. The predicted molar refractivity (Wildman–Crippen MR) is 65.0 cm³/mol. The van der Waals surface area contributed by atoms with Crippen molar-refractivity contribution in [2.24, 2.45) is 0 Å². The van der Waals surface area contributed by atoms with Crippen LogP contribution in [0.3, 0.4) is 0 Å². The summed E-state index contributed by atoms with van der Waals surface area (Å²) in [6.45, 7) is 2.71. The molecule has 0 saturated carbocycles. The van der Waals surface area contributed by atoms with Crippen LogP contribution in [0, 0.1) is 13.8 Å². The molecule has 0 atom stereocenters. The molecular formula is C10H9LiO7S. The summed E-state index contributed by atoms with van der Waals surface area (Å²) in [6, 6.07) is 0. The van der Waals surface area contributed by atoms with Gasteiger partial charge in [-0.15, -0.1) is 0 Å². The van der Waals surface area contributed by atoms with E-state index < -0.39 is 38.1 Å². The zero-order valence-corrected chi connectivity index (χ0v) is 11.2. The van der Waals surface area contributed by atoms with Gasteiger partial charge in [-0.3, -0.25) is 0 Å². The monoisotopic (exact) mass is 280 g/mol. The molecule has 1 aromatic rings. The van der Waals surface area contributed by atoms with Crippen LogP contribution in [0.15, 0.2) is 4.90 Å². The minimum absolute atomic E-state index is 0.0997. The van der Waals surface area contributed by atoms with E-state index in [1.165, 1.54) is 31.6 Å². The van der Waals surface area contributed by atoms with Crippen LogP contribution in [-0.4, -0.2) is 52.8 Å². The van der Waals surface area contributed by atoms with E-state index >= 15 is 0 Å².